The minimum absolute atomic E-state index is 0.317. The number of hydrogen-bond donors (Lipinski definition) is 1. The maximum atomic E-state index is 12.2. The molecule has 0 unspecified atom stereocenters. The number of rotatable bonds is 1. The number of benzene rings is 2. The van der Waals surface area contributed by atoms with Crippen LogP contribution in [0.5, 0.6) is 0 Å². The maximum absolute atomic E-state index is 12.2. The molecule has 0 atom stereocenters. The molecule has 0 amide bonds. The van der Waals surface area contributed by atoms with Crippen LogP contribution in [0.3, 0.4) is 0 Å². The standard InChI is InChI=1S/C17H17NO2/c1-17(2,3)20-16(19)15-13-9-8-11-6-4-5-7-12(11)14(13)10-18-15/h4-10,18H,1-3H3. The summed E-state index contributed by atoms with van der Waals surface area (Å²) in [4.78, 5) is 15.3. The van der Waals surface area contributed by atoms with Gasteiger partial charge in [-0.2, -0.15) is 0 Å². The van der Waals surface area contributed by atoms with Gasteiger partial charge in [0.1, 0.15) is 11.3 Å². The van der Waals surface area contributed by atoms with Gasteiger partial charge in [-0.1, -0.05) is 36.4 Å². The van der Waals surface area contributed by atoms with Crippen LogP contribution in [0.15, 0.2) is 42.6 Å². The first-order chi connectivity index (χ1) is 9.46. The molecule has 0 aliphatic heterocycles. The molecular formula is C17H17NO2. The van der Waals surface area contributed by atoms with Crippen molar-refractivity contribution in [3.8, 4) is 0 Å². The van der Waals surface area contributed by atoms with Crippen LogP contribution in [0, 0.1) is 0 Å². The Morgan fingerprint density at radius 2 is 1.75 bits per heavy atom. The van der Waals surface area contributed by atoms with E-state index in [9.17, 15) is 4.79 Å². The minimum Gasteiger partial charge on any atom is -0.455 e. The van der Waals surface area contributed by atoms with Crippen LogP contribution in [-0.2, 0) is 4.74 Å². The Labute approximate surface area is 117 Å². The van der Waals surface area contributed by atoms with Gasteiger partial charge in [-0.15, -0.1) is 0 Å². The molecule has 0 bridgehead atoms. The van der Waals surface area contributed by atoms with E-state index in [4.69, 9.17) is 4.74 Å². The van der Waals surface area contributed by atoms with Gasteiger partial charge in [-0.05, 0) is 31.5 Å². The molecule has 102 valence electrons. The molecule has 1 aromatic heterocycles. The largest absolute Gasteiger partial charge is 0.455 e. The number of aromatic nitrogens is 1. The van der Waals surface area contributed by atoms with Crippen molar-refractivity contribution < 1.29 is 9.53 Å². The van der Waals surface area contributed by atoms with Gasteiger partial charge in [0, 0.05) is 17.0 Å². The van der Waals surface area contributed by atoms with Gasteiger partial charge in [-0.3, -0.25) is 0 Å². The van der Waals surface area contributed by atoms with Crippen molar-refractivity contribution >= 4 is 27.5 Å². The van der Waals surface area contributed by atoms with Crippen LogP contribution in [-0.4, -0.2) is 16.6 Å². The van der Waals surface area contributed by atoms with Crippen molar-refractivity contribution in [3.05, 3.63) is 48.3 Å². The molecule has 0 saturated carbocycles. The van der Waals surface area contributed by atoms with E-state index in [1.807, 2.05) is 51.2 Å². The predicted octanol–water partition coefficient (Wildman–Crippen LogP) is 4.28. The van der Waals surface area contributed by atoms with Crippen molar-refractivity contribution in [1.82, 2.24) is 4.98 Å². The van der Waals surface area contributed by atoms with Gasteiger partial charge >= 0.3 is 5.97 Å². The molecule has 1 heterocycles. The fourth-order valence-corrected chi connectivity index (χ4v) is 2.39. The highest BCUT2D eigenvalue weighted by atomic mass is 16.6. The zero-order valence-corrected chi connectivity index (χ0v) is 11.9. The fourth-order valence-electron chi connectivity index (χ4n) is 2.39. The number of carbonyl (C=O) groups is 1. The highest BCUT2D eigenvalue weighted by Gasteiger charge is 2.21. The summed E-state index contributed by atoms with van der Waals surface area (Å²) in [6, 6.07) is 12.1. The van der Waals surface area contributed by atoms with Crippen molar-refractivity contribution in [2.45, 2.75) is 26.4 Å². The zero-order chi connectivity index (χ0) is 14.3. The molecule has 0 saturated heterocycles. The summed E-state index contributed by atoms with van der Waals surface area (Å²) in [5.74, 6) is -0.317. The quantitative estimate of drug-likeness (QED) is 0.669. The van der Waals surface area contributed by atoms with Crippen LogP contribution in [0.25, 0.3) is 21.5 Å². The highest BCUT2D eigenvalue weighted by molar-refractivity contribution is 6.13. The van der Waals surface area contributed by atoms with Gasteiger partial charge in [0.25, 0.3) is 0 Å². The topological polar surface area (TPSA) is 42.1 Å². The number of esters is 1. The highest BCUT2D eigenvalue weighted by Crippen LogP contribution is 2.28. The smallest absolute Gasteiger partial charge is 0.355 e. The second-order valence-electron chi connectivity index (χ2n) is 5.91. The molecule has 3 rings (SSSR count). The molecule has 3 nitrogen and oxygen atoms in total. The summed E-state index contributed by atoms with van der Waals surface area (Å²) < 4.78 is 5.43. The number of carbonyl (C=O) groups excluding carboxylic acids is 1. The Hall–Kier alpha value is -2.29. The molecule has 1 N–H and O–H groups in total. The number of fused-ring (bicyclic) bond motifs is 3. The summed E-state index contributed by atoms with van der Waals surface area (Å²) in [5.41, 5.74) is 0.0198. The van der Waals surface area contributed by atoms with E-state index < -0.39 is 5.60 Å². The second-order valence-corrected chi connectivity index (χ2v) is 5.91. The summed E-state index contributed by atoms with van der Waals surface area (Å²) in [6.07, 6.45) is 1.87. The third kappa shape index (κ3) is 2.16. The maximum Gasteiger partial charge on any atom is 0.355 e. The van der Waals surface area contributed by atoms with Crippen LogP contribution in [0.4, 0.5) is 0 Å². The van der Waals surface area contributed by atoms with E-state index in [0.29, 0.717) is 5.69 Å². The van der Waals surface area contributed by atoms with E-state index in [1.165, 1.54) is 0 Å². The Bertz CT molecular complexity index is 793. The lowest BCUT2D eigenvalue weighted by atomic mass is 10.0. The SMILES string of the molecule is CC(C)(C)OC(=O)c1[nH]cc2c1ccc1ccccc12. The lowest BCUT2D eigenvalue weighted by Crippen LogP contribution is -2.24. The third-order valence-electron chi connectivity index (χ3n) is 3.20. The van der Waals surface area contributed by atoms with Crippen molar-refractivity contribution in [1.29, 1.82) is 0 Å². The summed E-state index contributed by atoms with van der Waals surface area (Å²) >= 11 is 0. The average Bonchev–Trinajstić information content (AvgIpc) is 2.81. The first kappa shape index (κ1) is 12.7. The minimum atomic E-state index is -0.495. The van der Waals surface area contributed by atoms with Crippen molar-refractivity contribution in [2.24, 2.45) is 0 Å². The zero-order valence-electron chi connectivity index (χ0n) is 11.9. The normalized spacial score (nSPS) is 11.9. The molecule has 3 heteroatoms. The molecule has 0 fully saturated rings. The molecule has 0 aliphatic rings. The van der Waals surface area contributed by atoms with Gasteiger partial charge < -0.3 is 9.72 Å². The number of ether oxygens (including phenoxy) is 1. The summed E-state index contributed by atoms with van der Waals surface area (Å²) in [7, 11) is 0. The van der Waals surface area contributed by atoms with E-state index in [2.05, 4.69) is 17.1 Å². The van der Waals surface area contributed by atoms with Crippen LogP contribution < -0.4 is 0 Å². The lowest BCUT2D eigenvalue weighted by molar-refractivity contribution is 0.00659. The van der Waals surface area contributed by atoms with Crippen molar-refractivity contribution in [2.75, 3.05) is 0 Å². The van der Waals surface area contributed by atoms with E-state index >= 15 is 0 Å². The first-order valence-corrected chi connectivity index (χ1v) is 6.68. The van der Waals surface area contributed by atoms with Gasteiger partial charge in [0.15, 0.2) is 0 Å². The van der Waals surface area contributed by atoms with Crippen LogP contribution in [0.2, 0.25) is 0 Å². The molecule has 0 aliphatic carbocycles. The van der Waals surface area contributed by atoms with E-state index in [0.717, 1.165) is 21.5 Å². The Morgan fingerprint density at radius 3 is 2.50 bits per heavy atom. The van der Waals surface area contributed by atoms with Crippen LogP contribution >= 0.6 is 0 Å². The number of nitrogens with one attached hydrogen (secondary N) is 1. The Kier molecular flexibility index (Phi) is 2.78. The fraction of sp³-hybridized carbons (Fsp3) is 0.235. The number of aromatic amines is 1. The predicted molar refractivity (Wildman–Crippen MR) is 81.0 cm³/mol. The number of H-pyrrole nitrogens is 1. The summed E-state index contributed by atoms with van der Waals surface area (Å²) in [6.45, 7) is 5.60. The average molecular weight is 267 g/mol. The summed E-state index contributed by atoms with van der Waals surface area (Å²) in [5, 5.41) is 4.24. The first-order valence-electron chi connectivity index (χ1n) is 6.68. The van der Waals surface area contributed by atoms with Gasteiger partial charge in [0.2, 0.25) is 0 Å². The Morgan fingerprint density at radius 1 is 1.00 bits per heavy atom. The van der Waals surface area contributed by atoms with Crippen LogP contribution in [0.1, 0.15) is 31.3 Å². The van der Waals surface area contributed by atoms with Crippen molar-refractivity contribution in [3.63, 3.8) is 0 Å². The van der Waals surface area contributed by atoms with Gasteiger partial charge in [-0.25, -0.2) is 4.79 Å². The lowest BCUT2D eigenvalue weighted by Gasteiger charge is -2.19. The molecule has 2 aromatic carbocycles. The molecular weight excluding hydrogens is 250 g/mol. The molecule has 0 radical (unpaired) electrons. The molecule has 20 heavy (non-hydrogen) atoms. The van der Waals surface area contributed by atoms with E-state index in [-0.39, 0.29) is 5.97 Å². The molecule has 3 aromatic rings. The van der Waals surface area contributed by atoms with E-state index in [1.54, 1.807) is 0 Å². The number of hydrogen-bond acceptors (Lipinski definition) is 2. The molecule has 0 spiro atoms. The third-order valence-corrected chi connectivity index (χ3v) is 3.20. The Balaban J connectivity index is 2.15. The monoisotopic (exact) mass is 267 g/mol. The van der Waals surface area contributed by atoms with Gasteiger partial charge in [0.05, 0.1) is 0 Å². The second kappa shape index (κ2) is 4.37.